The minimum atomic E-state index is 0.139. The van der Waals surface area contributed by atoms with Crippen LogP contribution in [0.5, 0.6) is 17.2 Å². The van der Waals surface area contributed by atoms with E-state index in [-0.39, 0.29) is 18.0 Å². The highest BCUT2D eigenvalue weighted by Gasteiger charge is 2.35. The van der Waals surface area contributed by atoms with Crippen molar-refractivity contribution >= 4 is 0 Å². The maximum Gasteiger partial charge on any atom is 0.203 e. The number of para-hydroxylation sites is 1. The molecule has 3 rings (SSSR count). The summed E-state index contributed by atoms with van der Waals surface area (Å²) in [4.78, 5) is 0. The van der Waals surface area contributed by atoms with Gasteiger partial charge in [-0.1, -0.05) is 60.5 Å². The molecule has 1 aromatic rings. The van der Waals surface area contributed by atoms with Crippen molar-refractivity contribution in [2.45, 2.75) is 92.3 Å². The summed E-state index contributed by atoms with van der Waals surface area (Å²) in [6.07, 6.45) is 7.41. The molecule has 0 saturated heterocycles. The molecule has 0 aliphatic heterocycles. The summed E-state index contributed by atoms with van der Waals surface area (Å²) >= 11 is 0. The summed E-state index contributed by atoms with van der Waals surface area (Å²) in [6, 6.07) is 5.57. The molecule has 2 saturated carbocycles. The zero-order chi connectivity index (χ0) is 21.1. The van der Waals surface area contributed by atoms with Crippen molar-refractivity contribution in [3.05, 3.63) is 18.2 Å². The molecule has 2 aliphatic carbocycles. The van der Waals surface area contributed by atoms with Crippen LogP contribution in [0, 0.1) is 35.5 Å². The van der Waals surface area contributed by atoms with Gasteiger partial charge in [0, 0.05) is 0 Å². The lowest BCUT2D eigenvalue weighted by Crippen LogP contribution is -2.37. The molecule has 0 heterocycles. The smallest absolute Gasteiger partial charge is 0.203 e. The van der Waals surface area contributed by atoms with E-state index in [0.29, 0.717) is 41.3 Å². The molecule has 0 spiro atoms. The standard InChI is InChI=1S/C26H42O3/c1-16(2)20-12-10-18(5)14-24(20)28-23-9-7-8-22(27)26(23)29-25-15-19(6)11-13-21(25)17(3)4/h7-9,16-21,24-25,27H,10-15H2,1-6H3. The van der Waals surface area contributed by atoms with E-state index in [9.17, 15) is 5.11 Å². The van der Waals surface area contributed by atoms with E-state index in [1.54, 1.807) is 6.07 Å². The number of phenolic OH excluding ortho intramolecular Hbond substituents is 1. The Bertz CT molecular complexity index is 653. The van der Waals surface area contributed by atoms with Gasteiger partial charge < -0.3 is 14.6 Å². The average Bonchev–Trinajstić information content (AvgIpc) is 2.64. The molecule has 2 aliphatic rings. The second-order valence-corrected chi connectivity index (χ2v) is 10.6. The Morgan fingerprint density at radius 2 is 1.31 bits per heavy atom. The third-order valence-electron chi connectivity index (χ3n) is 7.43. The average molecular weight is 403 g/mol. The van der Waals surface area contributed by atoms with Gasteiger partial charge in [0.05, 0.1) is 0 Å². The van der Waals surface area contributed by atoms with Crippen molar-refractivity contribution in [1.29, 1.82) is 0 Å². The van der Waals surface area contributed by atoms with Crippen LogP contribution in [-0.2, 0) is 0 Å². The topological polar surface area (TPSA) is 38.7 Å². The Kier molecular flexibility index (Phi) is 7.40. The zero-order valence-electron chi connectivity index (χ0n) is 19.4. The minimum Gasteiger partial charge on any atom is -0.504 e. The largest absolute Gasteiger partial charge is 0.504 e. The van der Waals surface area contributed by atoms with E-state index >= 15 is 0 Å². The Labute approximate surface area is 178 Å². The van der Waals surface area contributed by atoms with E-state index in [1.807, 2.05) is 12.1 Å². The summed E-state index contributed by atoms with van der Waals surface area (Å²) in [6.45, 7) is 13.8. The summed E-state index contributed by atoms with van der Waals surface area (Å²) < 4.78 is 13.1. The number of hydrogen-bond donors (Lipinski definition) is 1. The number of benzene rings is 1. The molecule has 3 heteroatoms. The fourth-order valence-electron chi connectivity index (χ4n) is 5.53. The molecular formula is C26H42O3. The summed E-state index contributed by atoms with van der Waals surface area (Å²) in [7, 11) is 0. The fraction of sp³-hybridized carbons (Fsp3) is 0.769. The normalized spacial score (nSPS) is 33.1. The highest BCUT2D eigenvalue weighted by Crippen LogP contribution is 2.44. The van der Waals surface area contributed by atoms with Gasteiger partial charge in [0.25, 0.3) is 0 Å². The number of phenols is 1. The van der Waals surface area contributed by atoms with Gasteiger partial charge in [-0.25, -0.2) is 0 Å². The Hall–Kier alpha value is -1.38. The van der Waals surface area contributed by atoms with Crippen LogP contribution in [0.15, 0.2) is 18.2 Å². The van der Waals surface area contributed by atoms with Crippen molar-refractivity contribution in [3.63, 3.8) is 0 Å². The monoisotopic (exact) mass is 402 g/mol. The van der Waals surface area contributed by atoms with E-state index in [0.717, 1.165) is 18.6 Å². The Morgan fingerprint density at radius 3 is 1.83 bits per heavy atom. The van der Waals surface area contributed by atoms with Crippen LogP contribution >= 0.6 is 0 Å². The summed E-state index contributed by atoms with van der Waals surface area (Å²) in [5.41, 5.74) is 0. The molecule has 3 nitrogen and oxygen atoms in total. The lowest BCUT2D eigenvalue weighted by molar-refractivity contribution is 0.0251. The van der Waals surface area contributed by atoms with Gasteiger partial charge in [0.2, 0.25) is 5.75 Å². The lowest BCUT2D eigenvalue weighted by atomic mass is 9.75. The van der Waals surface area contributed by atoms with Crippen molar-refractivity contribution in [3.8, 4) is 17.2 Å². The van der Waals surface area contributed by atoms with E-state index in [2.05, 4.69) is 41.5 Å². The van der Waals surface area contributed by atoms with Crippen LogP contribution in [0.1, 0.15) is 80.1 Å². The second-order valence-electron chi connectivity index (χ2n) is 10.6. The molecule has 2 fully saturated rings. The lowest BCUT2D eigenvalue weighted by Gasteiger charge is -2.39. The van der Waals surface area contributed by atoms with E-state index < -0.39 is 0 Å². The summed E-state index contributed by atoms with van der Waals surface area (Å²) in [5.74, 6) is 5.07. The SMILES string of the molecule is CC1CCC(C(C)C)C(Oc2cccc(O)c2OC2CC(C)CCC2C(C)C)C1. The van der Waals surface area contributed by atoms with Gasteiger partial charge in [-0.15, -0.1) is 0 Å². The molecule has 1 N–H and O–H groups in total. The number of ether oxygens (including phenoxy) is 2. The molecule has 0 bridgehead atoms. The van der Waals surface area contributed by atoms with Crippen LogP contribution < -0.4 is 9.47 Å². The predicted octanol–water partition coefficient (Wildman–Crippen LogP) is 7.07. The molecule has 0 aromatic heterocycles. The molecule has 0 radical (unpaired) electrons. The molecular weight excluding hydrogens is 360 g/mol. The Balaban J connectivity index is 1.83. The van der Waals surface area contributed by atoms with Gasteiger partial charge in [0.1, 0.15) is 12.2 Å². The van der Waals surface area contributed by atoms with Crippen molar-refractivity contribution in [2.75, 3.05) is 0 Å². The van der Waals surface area contributed by atoms with Crippen LogP contribution in [-0.4, -0.2) is 17.3 Å². The predicted molar refractivity (Wildman–Crippen MR) is 120 cm³/mol. The van der Waals surface area contributed by atoms with Crippen molar-refractivity contribution in [2.24, 2.45) is 35.5 Å². The zero-order valence-corrected chi connectivity index (χ0v) is 19.4. The maximum atomic E-state index is 10.7. The fourth-order valence-corrected chi connectivity index (χ4v) is 5.53. The molecule has 6 unspecified atom stereocenters. The van der Waals surface area contributed by atoms with Gasteiger partial charge in [-0.2, -0.15) is 0 Å². The number of hydrogen-bond acceptors (Lipinski definition) is 3. The van der Waals surface area contributed by atoms with Gasteiger partial charge in [-0.3, -0.25) is 0 Å². The minimum absolute atomic E-state index is 0.139. The summed E-state index contributed by atoms with van der Waals surface area (Å²) in [5, 5.41) is 10.7. The molecule has 29 heavy (non-hydrogen) atoms. The first kappa shape index (κ1) is 22.3. The number of aromatic hydroxyl groups is 1. The van der Waals surface area contributed by atoms with Gasteiger partial charge in [-0.05, 0) is 73.3 Å². The van der Waals surface area contributed by atoms with E-state index in [4.69, 9.17) is 9.47 Å². The van der Waals surface area contributed by atoms with Gasteiger partial charge >= 0.3 is 0 Å². The van der Waals surface area contributed by atoms with E-state index in [1.165, 1.54) is 25.7 Å². The molecule has 0 amide bonds. The van der Waals surface area contributed by atoms with Gasteiger partial charge in [0.15, 0.2) is 11.5 Å². The quantitative estimate of drug-likeness (QED) is 0.553. The third kappa shape index (κ3) is 5.41. The second kappa shape index (κ2) is 9.62. The highest BCUT2D eigenvalue weighted by atomic mass is 16.5. The van der Waals surface area contributed by atoms with Crippen LogP contribution in [0.2, 0.25) is 0 Å². The Morgan fingerprint density at radius 1 is 0.793 bits per heavy atom. The van der Waals surface area contributed by atoms with Crippen molar-refractivity contribution in [1.82, 2.24) is 0 Å². The first-order valence-electron chi connectivity index (χ1n) is 11.9. The first-order chi connectivity index (χ1) is 13.8. The molecule has 1 aromatic carbocycles. The first-order valence-corrected chi connectivity index (χ1v) is 11.9. The highest BCUT2D eigenvalue weighted by molar-refractivity contribution is 5.50. The van der Waals surface area contributed by atoms with Crippen LogP contribution in [0.4, 0.5) is 0 Å². The van der Waals surface area contributed by atoms with Crippen LogP contribution in [0.25, 0.3) is 0 Å². The van der Waals surface area contributed by atoms with Crippen molar-refractivity contribution < 1.29 is 14.6 Å². The van der Waals surface area contributed by atoms with Crippen LogP contribution in [0.3, 0.4) is 0 Å². The maximum absolute atomic E-state index is 10.7. The third-order valence-corrected chi connectivity index (χ3v) is 7.43. The molecule has 164 valence electrons. The number of rotatable bonds is 6. The molecule has 6 atom stereocenters.